The maximum Gasteiger partial charge on any atom is 1.00 e. The van der Waals surface area contributed by atoms with Gasteiger partial charge in [-0.05, 0) is 23.2 Å². The van der Waals surface area contributed by atoms with Crippen molar-refractivity contribution < 1.29 is 42.8 Å². The van der Waals surface area contributed by atoms with Crippen molar-refractivity contribution in [2.24, 2.45) is 0 Å². The van der Waals surface area contributed by atoms with Crippen molar-refractivity contribution in [3.63, 3.8) is 0 Å². The molecule has 2 rings (SSSR count). The third-order valence-electron chi connectivity index (χ3n) is 1.77. The Balaban J connectivity index is 0.00000112. The van der Waals surface area contributed by atoms with E-state index in [0.717, 1.165) is 0 Å². The number of nitrogens with zero attached hydrogens (tertiary/aromatic N) is 1. The van der Waals surface area contributed by atoms with E-state index in [0.29, 0.717) is 11.3 Å². The number of aromatic nitrogens is 1. The normalized spacial score (nSPS) is 11.8. The van der Waals surface area contributed by atoms with Gasteiger partial charge in [-0.15, -0.1) is 0 Å². The number of hydrogen-bond donors (Lipinski definition) is 0. The molecule has 0 N–H and O–H groups in total. The Morgan fingerprint density at radius 2 is 2.00 bits per heavy atom. The molecule has 72 valence electrons. The summed E-state index contributed by atoms with van der Waals surface area (Å²) in [5, 5.41) is 3.52. The molecule has 0 aliphatic heterocycles. The number of benzene rings is 1. The summed E-state index contributed by atoms with van der Waals surface area (Å²) in [4.78, 5) is 0.212. The zero-order valence-electron chi connectivity index (χ0n) is 8.04. The number of hydrogen-bond acceptors (Lipinski definition) is 4. The quantitative estimate of drug-likeness (QED) is 0.470. The van der Waals surface area contributed by atoms with Gasteiger partial charge in [-0.2, -0.15) is 0 Å². The standard InChI is InChI=1S/C9H7NO3S.Na/c11-14(12)9-4-2-1-3-7(9)8-5-6-10-13-8;/h1-6H,(H,11,12);/q;+1/p-1. The van der Waals surface area contributed by atoms with Crippen LogP contribution in [0.5, 0.6) is 0 Å². The first kappa shape index (κ1) is 12.6. The predicted molar refractivity (Wildman–Crippen MR) is 49.1 cm³/mol. The fourth-order valence-electron chi connectivity index (χ4n) is 1.17. The molecule has 1 heterocycles. The van der Waals surface area contributed by atoms with Crippen molar-refractivity contribution in [1.82, 2.24) is 5.16 Å². The fraction of sp³-hybridized carbons (Fsp3) is 0. The Morgan fingerprint density at radius 1 is 1.27 bits per heavy atom. The predicted octanol–water partition coefficient (Wildman–Crippen LogP) is -1.42. The van der Waals surface area contributed by atoms with E-state index in [-0.39, 0.29) is 34.5 Å². The largest absolute Gasteiger partial charge is 1.00 e. The third kappa shape index (κ3) is 2.76. The molecule has 0 fully saturated rings. The summed E-state index contributed by atoms with van der Waals surface area (Å²) in [6.07, 6.45) is 1.47. The molecule has 0 radical (unpaired) electrons. The molecular formula is C9H6NNaO3S. The second kappa shape index (κ2) is 5.58. The average molecular weight is 231 g/mol. The second-order valence-electron chi connectivity index (χ2n) is 2.61. The van der Waals surface area contributed by atoms with Gasteiger partial charge in [-0.1, -0.05) is 17.3 Å². The van der Waals surface area contributed by atoms with E-state index < -0.39 is 11.1 Å². The van der Waals surface area contributed by atoms with Crippen LogP contribution in [0.4, 0.5) is 0 Å². The molecule has 0 amide bonds. The Hall–Kier alpha value is -0.460. The van der Waals surface area contributed by atoms with Crippen LogP contribution in [0.1, 0.15) is 0 Å². The summed E-state index contributed by atoms with van der Waals surface area (Å²) in [6.45, 7) is 0. The van der Waals surface area contributed by atoms with Gasteiger partial charge in [0.05, 0.1) is 6.20 Å². The van der Waals surface area contributed by atoms with Crippen LogP contribution in [0.2, 0.25) is 0 Å². The van der Waals surface area contributed by atoms with E-state index in [2.05, 4.69) is 5.16 Å². The molecule has 1 aromatic heterocycles. The molecule has 0 saturated carbocycles. The Kier molecular flexibility index (Phi) is 4.69. The average Bonchev–Trinajstić information content (AvgIpc) is 2.70. The minimum absolute atomic E-state index is 0. The van der Waals surface area contributed by atoms with Gasteiger partial charge in [0.2, 0.25) is 0 Å². The van der Waals surface area contributed by atoms with Crippen molar-refractivity contribution in [3.05, 3.63) is 36.5 Å². The van der Waals surface area contributed by atoms with Crippen molar-refractivity contribution in [2.75, 3.05) is 0 Å². The summed E-state index contributed by atoms with van der Waals surface area (Å²) < 4.78 is 26.6. The molecule has 0 aliphatic rings. The van der Waals surface area contributed by atoms with Crippen molar-refractivity contribution >= 4 is 11.1 Å². The molecule has 2 aromatic rings. The van der Waals surface area contributed by atoms with E-state index in [9.17, 15) is 8.76 Å². The zero-order chi connectivity index (χ0) is 9.97. The molecule has 0 bridgehead atoms. The van der Waals surface area contributed by atoms with Crippen LogP contribution < -0.4 is 29.6 Å². The van der Waals surface area contributed by atoms with E-state index in [1.54, 1.807) is 24.3 Å². The molecule has 0 spiro atoms. The van der Waals surface area contributed by atoms with Gasteiger partial charge >= 0.3 is 29.6 Å². The SMILES string of the molecule is O=S([O-])c1ccccc1-c1ccno1.[Na+]. The molecular weight excluding hydrogens is 225 g/mol. The third-order valence-corrected chi connectivity index (χ3v) is 2.49. The van der Waals surface area contributed by atoms with Gasteiger partial charge in [-0.25, -0.2) is 0 Å². The maximum absolute atomic E-state index is 10.9. The topological polar surface area (TPSA) is 66.2 Å². The van der Waals surface area contributed by atoms with Gasteiger partial charge in [0.25, 0.3) is 0 Å². The first-order chi connectivity index (χ1) is 6.79. The first-order valence-electron chi connectivity index (χ1n) is 3.88. The van der Waals surface area contributed by atoms with Crippen LogP contribution in [0.25, 0.3) is 11.3 Å². The van der Waals surface area contributed by atoms with E-state index in [4.69, 9.17) is 4.52 Å². The van der Waals surface area contributed by atoms with E-state index >= 15 is 0 Å². The van der Waals surface area contributed by atoms with Gasteiger partial charge in [-0.3, -0.25) is 4.21 Å². The Morgan fingerprint density at radius 3 is 2.60 bits per heavy atom. The van der Waals surface area contributed by atoms with Gasteiger partial charge < -0.3 is 9.08 Å². The summed E-state index contributed by atoms with van der Waals surface area (Å²) >= 11 is -2.26. The Labute approximate surface area is 111 Å². The van der Waals surface area contributed by atoms with E-state index in [1.807, 2.05) is 0 Å². The first-order valence-corrected chi connectivity index (χ1v) is 4.96. The zero-order valence-corrected chi connectivity index (χ0v) is 10.9. The van der Waals surface area contributed by atoms with Crippen LogP contribution in [0, 0.1) is 0 Å². The molecule has 1 atom stereocenters. The van der Waals surface area contributed by atoms with Gasteiger partial charge in [0.1, 0.15) is 0 Å². The summed E-state index contributed by atoms with van der Waals surface area (Å²) in [5.74, 6) is 0.449. The van der Waals surface area contributed by atoms with Gasteiger partial charge in [0, 0.05) is 16.5 Å². The van der Waals surface area contributed by atoms with Crippen LogP contribution in [0.3, 0.4) is 0 Å². The maximum atomic E-state index is 10.9. The molecule has 1 unspecified atom stereocenters. The smallest absolute Gasteiger partial charge is 0.768 e. The van der Waals surface area contributed by atoms with Crippen molar-refractivity contribution in [1.29, 1.82) is 0 Å². The van der Waals surface area contributed by atoms with Crippen molar-refractivity contribution in [3.8, 4) is 11.3 Å². The van der Waals surface area contributed by atoms with Crippen LogP contribution >= 0.6 is 0 Å². The molecule has 1 aromatic carbocycles. The van der Waals surface area contributed by atoms with Crippen LogP contribution in [-0.2, 0) is 11.1 Å². The number of rotatable bonds is 2. The van der Waals surface area contributed by atoms with Crippen LogP contribution in [0.15, 0.2) is 45.9 Å². The molecule has 6 heteroatoms. The molecule has 4 nitrogen and oxygen atoms in total. The van der Waals surface area contributed by atoms with Gasteiger partial charge in [0.15, 0.2) is 5.76 Å². The molecule has 0 saturated heterocycles. The van der Waals surface area contributed by atoms with E-state index in [1.165, 1.54) is 12.3 Å². The molecule has 15 heavy (non-hydrogen) atoms. The minimum Gasteiger partial charge on any atom is -0.768 e. The fourth-order valence-corrected chi connectivity index (χ4v) is 1.71. The van der Waals surface area contributed by atoms with Crippen LogP contribution in [-0.4, -0.2) is 13.9 Å². The summed E-state index contributed by atoms with van der Waals surface area (Å²) in [6, 6.07) is 8.21. The van der Waals surface area contributed by atoms with Crippen molar-refractivity contribution in [2.45, 2.75) is 4.90 Å². The minimum atomic E-state index is -2.26. The summed E-state index contributed by atoms with van der Waals surface area (Å²) in [7, 11) is 0. The second-order valence-corrected chi connectivity index (χ2v) is 3.52. The summed E-state index contributed by atoms with van der Waals surface area (Å²) in [5.41, 5.74) is 0.526. The molecule has 0 aliphatic carbocycles. The monoisotopic (exact) mass is 231 g/mol. The Bertz CT molecular complexity index is 458.